The molecule has 0 amide bonds. The largest absolute Gasteiger partial charge is 0.389 e. The molecule has 22 heavy (non-hydrogen) atoms. The molecule has 1 saturated carbocycles. The summed E-state index contributed by atoms with van der Waals surface area (Å²) in [5.41, 5.74) is 2.65. The number of hydrogen-bond donors (Lipinski definition) is 2. The fourth-order valence-corrected chi connectivity index (χ4v) is 5.92. The quantitative estimate of drug-likeness (QED) is 0.703. The Labute approximate surface area is 136 Å². The van der Waals surface area contributed by atoms with Gasteiger partial charge in [-0.25, -0.2) is 0 Å². The molecule has 4 atom stereocenters. The Balaban J connectivity index is 2.02. The zero-order chi connectivity index (χ0) is 16.3. The Morgan fingerprint density at radius 2 is 1.77 bits per heavy atom. The lowest BCUT2D eigenvalue weighted by atomic mass is 9.48. The molecular formula is C20H34O2. The van der Waals surface area contributed by atoms with Crippen molar-refractivity contribution in [2.75, 3.05) is 0 Å². The topological polar surface area (TPSA) is 40.5 Å². The highest BCUT2D eigenvalue weighted by Crippen LogP contribution is 2.62. The van der Waals surface area contributed by atoms with Crippen LogP contribution in [0, 0.1) is 22.7 Å². The molecule has 1 unspecified atom stereocenters. The van der Waals surface area contributed by atoms with Gasteiger partial charge in [-0.15, -0.1) is 0 Å². The normalized spacial score (nSPS) is 44.7. The second-order valence-corrected chi connectivity index (χ2v) is 9.50. The summed E-state index contributed by atoms with van der Waals surface area (Å²) in [7, 11) is 0. The van der Waals surface area contributed by atoms with Gasteiger partial charge in [0, 0.05) is 6.42 Å². The van der Waals surface area contributed by atoms with Gasteiger partial charge in [0.1, 0.15) is 0 Å². The molecule has 3 aliphatic rings. The number of aliphatic hydroxyl groups is 2. The molecular weight excluding hydrogens is 272 g/mol. The molecule has 0 aliphatic heterocycles. The highest BCUT2D eigenvalue weighted by Gasteiger charge is 2.54. The third kappa shape index (κ3) is 2.29. The summed E-state index contributed by atoms with van der Waals surface area (Å²) in [4.78, 5) is 0. The molecule has 0 radical (unpaired) electrons. The lowest BCUT2D eigenvalue weighted by molar-refractivity contribution is -0.0576. The zero-order valence-electron chi connectivity index (χ0n) is 15.1. The summed E-state index contributed by atoms with van der Waals surface area (Å²) in [6.07, 6.45) is 6.90. The fraction of sp³-hybridized carbons (Fsp3) is 0.900. The van der Waals surface area contributed by atoms with Crippen molar-refractivity contribution in [3.8, 4) is 0 Å². The minimum atomic E-state index is -0.618. The summed E-state index contributed by atoms with van der Waals surface area (Å²) in [5, 5.41) is 21.8. The second kappa shape index (κ2) is 5.08. The van der Waals surface area contributed by atoms with Crippen LogP contribution in [-0.4, -0.2) is 21.9 Å². The first-order valence-electron chi connectivity index (χ1n) is 9.23. The van der Waals surface area contributed by atoms with E-state index in [-0.39, 0.29) is 17.4 Å². The first kappa shape index (κ1) is 16.5. The van der Waals surface area contributed by atoms with Gasteiger partial charge in [0.15, 0.2) is 0 Å². The molecule has 1 fully saturated rings. The van der Waals surface area contributed by atoms with E-state index in [0.717, 1.165) is 19.3 Å². The van der Waals surface area contributed by atoms with E-state index in [9.17, 15) is 10.2 Å². The minimum absolute atomic E-state index is 0.245. The van der Waals surface area contributed by atoms with Gasteiger partial charge in [-0.2, -0.15) is 0 Å². The third-order valence-electron chi connectivity index (χ3n) is 7.55. The maximum Gasteiger partial charge on any atom is 0.0757 e. The van der Waals surface area contributed by atoms with Gasteiger partial charge in [-0.05, 0) is 60.3 Å². The first-order chi connectivity index (χ1) is 10.1. The van der Waals surface area contributed by atoms with Gasteiger partial charge in [-0.3, -0.25) is 0 Å². The molecule has 0 heterocycles. The summed E-state index contributed by atoms with van der Waals surface area (Å²) in [6, 6.07) is 0. The maximum absolute atomic E-state index is 10.9. The zero-order valence-corrected chi connectivity index (χ0v) is 15.1. The molecule has 2 heteroatoms. The SMILES string of the molecule is CC(C)[C@@]1(O)CCC2=C(C1)[C@@H](O)CC1C(C)(C)CCC[C@]21C. The van der Waals surface area contributed by atoms with Crippen molar-refractivity contribution in [3.05, 3.63) is 11.1 Å². The van der Waals surface area contributed by atoms with Gasteiger partial charge in [-0.1, -0.05) is 46.6 Å². The third-order valence-corrected chi connectivity index (χ3v) is 7.55. The van der Waals surface area contributed by atoms with Gasteiger partial charge in [0.25, 0.3) is 0 Å². The molecule has 0 aromatic heterocycles. The van der Waals surface area contributed by atoms with Crippen LogP contribution in [0.5, 0.6) is 0 Å². The van der Waals surface area contributed by atoms with Crippen molar-refractivity contribution in [3.63, 3.8) is 0 Å². The van der Waals surface area contributed by atoms with E-state index in [0.29, 0.717) is 17.8 Å². The van der Waals surface area contributed by atoms with Crippen LogP contribution in [0.25, 0.3) is 0 Å². The molecule has 0 aromatic carbocycles. The van der Waals surface area contributed by atoms with Crippen molar-refractivity contribution >= 4 is 0 Å². The average molecular weight is 306 g/mol. The van der Waals surface area contributed by atoms with Crippen LogP contribution in [0.2, 0.25) is 0 Å². The van der Waals surface area contributed by atoms with Gasteiger partial charge >= 0.3 is 0 Å². The predicted octanol–water partition coefficient (Wildman–Crippen LogP) is 4.45. The number of rotatable bonds is 1. The molecule has 0 spiro atoms. The van der Waals surface area contributed by atoms with Gasteiger partial charge < -0.3 is 10.2 Å². The van der Waals surface area contributed by atoms with Crippen LogP contribution in [0.4, 0.5) is 0 Å². The van der Waals surface area contributed by atoms with Crippen LogP contribution in [0.1, 0.15) is 79.6 Å². The van der Waals surface area contributed by atoms with Crippen LogP contribution in [0.15, 0.2) is 11.1 Å². The highest BCUT2D eigenvalue weighted by molar-refractivity contribution is 5.35. The van der Waals surface area contributed by atoms with E-state index in [1.807, 2.05) is 0 Å². The lowest BCUT2D eigenvalue weighted by Gasteiger charge is -2.58. The molecule has 126 valence electrons. The van der Waals surface area contributed by atoms with Crippen LogP contribution in [0.3, 0.4) is 0 Å². The first-order valence-corrected chi connectivity index (χ1v) is 9.23. The van der Waals surface area contributed by atoms with E-state index >= 15 is 0 Å². The molecule has 0 bridgehead atoms. The maximum atomic E-state index is 10.9. The minimum Gasteiger partial charge on any atom is -0.389 e. The number of aliphatic hydroxyl groups excluding tert-OH is 1. The Kier molecular flexibility index (Phi) is 3.81. The molecule has 0 aromatic rings. The standard InChI is InChI=1S/C20H34O2/c1-13(2)20(22)10-7-15-14(12-20)16(21)11-17-18(3,4)8-6-9-19(15,17)5/h13,16-17,21-22H,6-12H2,1-5H3/t16-,17?,19+,20+/m0/s1. The van der Waals surface area contributed by atoms with E-state index in [2.05, 4.69) is 34.6 Å². The molecule has 3 aliphatic carbocycles. The highest BCUT2D eigenvalue weighted by atomic mass is 16.3. The van der Waals surface area contributed by atoms with E-state index < -0.39 is 5.60 Å². The summed E-state index contributed by atoms with van der Waals surface area (Å²) in [6.45, 7) is 11.4. The molecule has 3 rings (SSSR count). The average Bonchev–Trinajstić information content (AvgIpc) is 2.41. The number of hydrogen-bond acceptors (Lipinski definition) is 2. The molecule has 2 N–H and O–H groups in total. The molecule has 0 saturated heterocycles. The van der Waals surface area contributed by atoms with E-state index in [1.54, 1.807) is 0 Å². The summed E-state index contributed by atoms with van der Waals surface area (Å²) in [5.74, 6) is 0.829. The van der Waals surface area contributed by atoms with Crippen LogP contribution in [-0.2, 0) is 0 Å². The van der Waals surface area contributed by atoms with Crippen molar-refractivity contribution in [2.45, 2.75) is 91.3 Å². The number of allylic oxidation sites excluding steroid dienone is 1. The van der Waals surface area contributed by atoms with Crippen LogP contribution >= 0.6 is 0 Å². The van der Waals surface area contributed by atoms with Crippen molar-refractivity contribution < 1.29 is 10.2 Å². The van der Waals surface area contributed by atoms with E-state index in [4.69, 9.17) is 0 Å². The summed E-state index contributed by atoms with van der Waals surface area (Å²) < 4.78 is 0. The van der Waals surface area contributed by atoms with Crippen LogP contribution < -0.4 is 0 Å². The Bertz CT molecular complexity index is 490. The van der Waals surface area contributed by atoms with Gasteiger partial charge in [0.2, 0.25) is 0 Å². The fourth-order valence-electron chi connectivity index (χ4n) is 5.92. The Morgan fingerprint density at radius 1 is 1.09 bits per heavy atom. The smallest absolute Gasteiger partial charge is 0.0757 e. The van der Waals surface area contributed by atoms with Crippen molar-refractivity contribution in [1.82, 2.24) is 0 Å². The Morgan fingerprint density at radius 3 is 2.41 bits per heavy atom. The van der Waals surface area contributed by atoms with E-state index in [1.165, 1.54) is 30.4 Å². The number of fused-ring (bicyclic) bond motifs is 2. The summed E-state index contributed by atoms with van der Waals surface area (Å²) >= 11 is 0. The molecule has 2 nitrogen and oxygen atoms in total. The predicted molar refractivity (Wildman–Crippen MR) is 90.5 cm³/mol. The second-order valence-electron chi connectivity index (χ2n) is 9.50. The Hall–Kier alpha value is -0.340. The monoisotopic (exact) mass is 306 g/mol. The van der Waals surface area contributed by atoms with Gasteiger partial charge in [0.05, 0.1) is 11.7 Å². The van der Waals surface area contributed by atoms with Crippen molar-refractivity contribution in [2.24, 2.45) is 22.7 Å². The lowest BCUT2D eigenvalue weighted by Crippen LogP contribution is -2.52. The van der Waals surface area contributed by atoms with Crippen molar-refractivity contribution in [1.29, 1.82) is 0 Å².